The van der Waals surface area contributed by atoms with Gasteiger partial charge in [-0.2, -0.15) is 4.31 Å². The van der Waals surface area contributed by atoms with Gasteiger partial charge in [-0.15, -0.1) is 0 Å². The molecular formula is C21H24F2N2O3S. The van der Waals surface area contributed by atoms with Crippen molar-refractivity contribution in [2.24, 2.45) is 0 Å². The topological polar surface area (TPSA) is 57.7 Å². The number of halogens is 2. The van der Waals surface area contributed by atoms with Gasteiger partial charge in [-0.05, 0) is 55.7 Å². The van der Waals surface area contributed by atoms with Crippen LogP contribution in [-0.4, -0.2) is 43.7 Å². The minimum absolute atomic E-state index is 0.0819. The summed E-state index contributed by atoms with van der Waals surface area (Å²) in [5.41, 5.74) is 0.809. The molecule has 1 heterocycles. The van der Waals surface area contributed by atoms with E-state index in [1.165, 1.54) is 27.4 Å². The number of hydrogen-bond acceptors (Lipinski definition) is 3. The zero-order chi connectivity index (χ0) is 21.2. The first-order chi connectivity index (χ1) is 13.7. The van der Waals surface area contributed by atoms with Crippen LogP contribution < -0.4 is 0 Å². The second-order valence-electron chi connectivity index (χ2n) is 7.25. The molecule has 0 unspecified atom stereocenters. The summed E-state index contributed by atoms with van der Waals surface area (Å²) in [6, 6.07) is 8.81. The highest BCUT2D eigenvalue weighted by Crippen LogP contribution is 2.26. The molecule has 1 fully saturated rings. The second-order valence-corrected chi connectivity index (χ2v) is 9.16. The van der Waals surface area contributed by atoms with Crippen LogP contribution in [0.25, 0.3) is 0 Å². The Morgan fingerprint density at radius 1 is 1.03 bits per heavy atom. The van der Waals surface area contributed by atoms with Gasteiger partial charge in [-0.1, -0.05) is 18.6 Å². The number of carbonyl (C=O) groups is 1. The number of benzene rings is 2. The number of amides is 1. The molecule has 2 aromatic rings. The van der Waals surface area contributed by atoms with Crippen LogP contribution >= 0.6 is 0 Å². The Morgan fingerprint density at radius 3 is 2.28 bits per heavy atom. The Balaban J connectivity index is 1.88. The Labute approximate surface area is 170 Å². The predicted molar refractivity (Wildman–Crippen MR) is 106 cm³/mol. The van der Waals surface area contributed by atoms with E-state index in [1.807, 2.05) is 0 Å². The summed E-state index contributed by atoms with van der Waals surface area (Å²) in [5, 5.41) is 0. The van der Waals surface area contributed by atoms with E-state index >= 15 is 0 Å². The SMILES string of the molecule is C[C@H](c1ccc(F)cc1)N(C)C(=O)c1ccc(F)c(S(=O)(=O)N2CCCCC2)c1. The van der Waals surface area contributed by atoms with Crippen molar-refractivity contribution in [3.05, 3.63) is 65.2 Å². The fourth-order valence-electron chi connectivity index (χ4n) is 3.42. The normalized spacial score (nSPS) is 16.4. The Morgan fingerprint density at radius 2 is 1.66 bits per heavy atom. The van der Waals surface area contributed by atoms with Crippen molar-refractivity contribution in [3.63, 3.8) is 0 Å². The van der Waals surface area contributed by atoms with Crippen LogP contribution in [0.5, 0.6) is 0 Å². The van der Waals surface area contributed by atoms with Gasteiger partial charge in [-0.25, -0.2) is 17.2 Å². The number of hydrogen-bond donors (Lipinski definition) is 0. The third kappa shape index (κ3) is 4.48. The summed E-state index contributed by atoms with van der Waals surface area (Å²) >= 11 is 0. The minimum atomic E-state index is -4.01. The van der Waals surface area contributed by atoms with Crippen LogP contribution in [0.4, 0.5) is 8.78 Å². The molecule has 2 aromatic carbocycles. The number of sulfonamides is 1. The van der Waals surface area contributed by atoms with Crippen molar-refractivity contribution in [2.45, 2.75) is 37.1 Å². The predicted octanol–water partition coefficient (Wildman–Crippen LogP) is 3.97. The first-order valence-corrected chi connectivity index (χ1v) is 11.0. The maximum atomic E-state index is 14.4. The van der Waals surface area contributed by atoms with Crippen LogP contribution in [0.1, 0.15) is 48.1 Å². The van der Waals surface area contributed by atoms with E-state index in [0.717, 1.165) is 37.0 Å². The Hall–Kier alpha value is -2.32. The van der Waals surface area contributed by atoms with Crippen molar-refractivity contribution in [1.29, 1.82) is 0 Å². The molecular weight excluding hydrogens is 398 g/mol. The van der Waals surface area contributed by atoms with E-state index in [2.05, 4.69) is 0 Å². The van der Waals surface area contributed by atoms with Gasteiger partial charge in [0.15, 0.2) is 0 Å². The van der Waals surface area contributed by atoms with Crippen LogP contribution in [0, 0.1) is 11.6 Å². The quantitative estimate of drug-likeness (QED) is 0.733. The molecule has 29 heavy (non-hydrogen) atoms. The van der Waals surface area contributed by atoms with Crippen molar-refractivity contribution >= 4 is 15.9 Å². The van der Waals surface area contributed by atoms with E-state index in [0.29, 0.717) is 13.1 Å². The molecule has 3 rings (SSSR count). The van der Waals surface area contributed by atoms with Gasteiger partial charge in [0.2, 0.25) is 10.0 Å². The fraction of sp³-hybridized carbons (Fsp3) is 0.381. The number of rotatable bonds is 5. The fourth-order valence-corrected chi connectivity index (χ4v) is 5.03. The van der Waals surface area contributed by atoms with E-state index in [-0.39, 0.29) is 17.4 Å². The van der Waals surface area contributed by atoms with Crippen molar-refractivity contribution in [1.82, 2.24) is 9.21 Å². The lowest BCUT2D eigenvalue weighted by Gasteiger charge is -2.27. The largest absolute Gasteiger partial charge is 0.335 e. The second kappa shape index (κ2) is 8.59. The Kier molecular flexibility index (Phi) is 6.33. The van der Waals surface area contributed by atoms with E-state index in [1.54, 1.807) is 26.1 Å². The van der Waals surface area contributed by atoms with Crippen molar-refractivity contribution in [3.8, 4) is 0 Å². The monoisotopic (exact) mass is 422 g/mol. The molecule has 156 valence electrons. The van der Waals surface area contributed by atoms with Crippen LogP contribution in [0.3, 0.4) is 0 Å². The van der Waals surface area contributed by atoms with Gasteiger partial charge in [-0.3, -0.25) is 4.79 Å². The van der Waals surface area contributed by atoms with Crippen molar-refractivity contribution < 1.29 is 22.0 Å². The van der Waals surface area contributed by atoms with Crippen molar-refractivity contribution in [2.75, 3.05) is 20.1 Å². The molecule has 0 N–H and O–H groups in total. The van der Waals surface area contributed by atoms with E-state index < -0.39 is 26.6 Å². The molecule has 0 bridgehead atoms. The highest BCUT2D eigenvalue weighted by molar-refractivity contribution is 7.89. The maximum Gasteiger partial charge on any atom is 0.254 e. The summed E-state index contributed by atoms with van der Waals surface area (Å²) in [6.07, 6.45) is 2.41. The highest BCUT2D eigenvalue weighted by Gasteiger charge is 2.30. The zero-order valence-electron chi connectivity index (χ0n) is 16.4. The molecule has 0 spiro atoms. The van der Waals surface area contributed by atoms with E-state index in [4.69, 9.17) is 0 Å². The summed E-state index contributed by atoms with van der Waals surface area (Å²) < 4.78 is 54.5. The van der Waals surface area contributed by atoms with Gasteiger partial charge < -0.3 is 4.90 Å². The number of nitrogens with zero attached hydrogens (tertiary/aromatic N) is 2. The molecule has 0 radical (unpaired) electrons. The molecule has 0 aliphatic carbocycles. The standard InChI is InChI=1S/C21H24F2N2O3S/c1-15(16-6-9-18(22)10-7-16)24(2)21(26)17-8-11-19(23)20(14-17)29(27,28)25-12-4-3-5-13-25/h6-11,14-15H,3-5,12-13H2,1-2H3/t15-/m1/s1. The summed E-state index contributed by atoms with van der Waals surface area (Å²) in [7, 11) is -2.44. The Bertz CT molecular complexity index is 987. The van der Waals surface area contributed by atoms with Gasteiger partial charge in [0.05, 0.1) is 6.04 Å². The number of piperidine rings is 1. The van der Waals surface area contributed by atoms with E-state index in [9.17, 15) is 22.0 Å². The number of carbonyl (C=O) groups excluding carboxylic acids is 1. The lowest BCUT2D eigenvalue weighted by atomic mass is 10.1. The molecule has 1 aliphatic heterocycles. The molecule has 1 amide bonds. The smallest absolute Gasteiger partial charge is 0.254 e. The molecule has 0 saturated carbocycles. The highest BCUT2D eigenvalue weighted by atomic mass is 32.2. The summed E-state index contributed by atoms with van der Waals surface area (Å²) in [4.78, 5) is 13.8. The maximum absolute atomic E-state index is 14.4. The minimum Gasteiger partial charge on any atom is -0.335 e. The lowest BCUT2D eigenvalue weighted by molar-refractivity contribution is 0.0742. The van der Waals surface area contributed by atoms with Gasteiger partial charge in [0, 0.05) is 25.7 Å². The first kappa shape index (κ1) is 21.4. The molecule has 8 heteroatoms. The average Bonchev–Trinajstić information content (AvgIpc) is 2.73. The zero-order valence-corrected chi connectivity index (χ0v) is 17.3. The van der Waals surface area contributed by atoms with Gasteiger partial charge in [0.25, 0.3) is 5.91 Å². The van der Waals surface area contributed by atoms with Gasteiger partial charge in [0.1, 0.15) is 16.5 Å². The van der Waals surface area contributed by atoms with Gasteiger partial charge >= 0.3 is 0 Å². The van der Waals surface area contributed by atoms with Crippen LogP contribution in [-0.2, 0) is 10.0 Å². The summed E-state index contributed by atoms with van der Waals surface area (Å²) in [6.45, 7) is 2.48. The lowest BCUT2D eigenvalue weighted by Crippen LogP contribution is -2.36. The molecule has 0 aromatic heterocycles. The first-order valence-electron chi connectivity index (χ1n) is 9.54. The third-order valence-electron chi connectivity index (χ3n) is 5.36. The van der Waals surface area contributed by atoms with Crippen LogP contribution in [0.2, 0.25) is 0 Å². The average molecular weight is 422 g/mol. The molecule has 1 aliphatic rings. The third-order valence-corrected chi connectivity index (χ3v) is 7.28. The molecule has 5 nitrogen and oxygen atoms in total. The molecule has 1 atom stereocenters. The van der Waals surface area contributed by atoms with Crippen LogP contribution in [0.15, 0.2) is 47.4 Å². The molecule has 1 saturated heterocycles. The summed E-state index contributed by atoms with van der Waals surface area (Å²) in [5.74, 6) is -1.70.